The molecule has 0 atom stereocenters. The molecule has 19 heavy (non-hydrogen) atoms. The lowest BCUT2D eigenvalue weighted by atomic mass is 10.1. The molecule has 100 valence electrons. The standard InChI is InChI=1S/C16H19ClN2/c1-19(12-14-5-2-6-15(17)10-14)9-8-13-4-3-7-16(18)11-13/h2-7,10-11H,8-9,12,18H2,1H3. The maximum absolute atomic E-state index is 5.99. The maximum atomic E-state index is 5.99. The molecule has 2 aromatic rings. The number of hydrogen-bond donors (Lipinski definition) is 1. The van der Waals surface area contributed by atoms with Crippen molar-refractivity contribution in [1.82, 2.24) is 4.90 Å². The monoisotopic (exact) mass is 274 g/mol. The second-order valence-corrected chi connectivity index (χ2v) is 5.30. The predicted octanol–water partition coefficient (Wildman–Crippen LogP) is 3.60. The van der Waals surface area contributed by atoms with Gasteiger partial charge in [0.2, 0.25) is 0 Å². The van der Waals surface area contributed by atoms with Crippen LogP contribution in [-0.4, -0.2) is 18.5 Å². The highest BCUT2D eigenvalue weighted by Gasteiger charge is 2.02. The van der Waals surface area contributed by atoms with Gasteiger partial charge in [0, 0.05) is 23.8 Å². The number of nitrogen functional groups attached to an aromatic ring is 1. The molecule has 3 heteroatoms. The van der Waals surface area contributed by atoms with Crippen molar-refractivity contribution in [2.45, 2.75) is 13.0 Å². The molecule has 0 heterocycles. The summed E-state index contributed by atoms with van der Waals surface area (Å²) in [7, 11) is 2.12. The van der Waals surface area contributed by atoms with Crippen molar-refractivity contribution in [3.8, 4) is 0 Å². The van der Waals surface area contributed by atoms with Gasteiger partial charge in [0.15, 0.2) is 0 Å². The number of hydrogen-bond acceptors (Lipinski definition) is 2. The first kappa shape index (κ1) is 13.9. The highest BCUT2D eigenvalue weighted by Crippen LogP contribution is 2.13. The highest BCUT2D eigenvalue weighted by atomic mass is 35.5. The molecule has 0 saturated carbocycles. The lowest BCUT2D eigenvalue weighted by Gasteiger charge is -2.17. The fourth-order valence-corrected chi connectivity index (χ4v) is 2.31. The quantitative estimate of drug-likeness (QED) is 0.844. The maximum Gasteiger partial charge on any atom is 0.0409 e. The largest absolute Gasteiger partial charge is 0.399 e. The number of anilines is 1. The van der Waals surface area contributed by atoms with Gasteiger partial charge in [0.1, 0.15) is 0 Å². The Morgan fingerprint density at radius 1 is 1.05 bits per heavy atom. The van der Waals surface area contributed by atoms with E-state index in [-0.39, 0.29) is 0 Å². The van der Waals surface area contributed by atoms with Crippen molar-refractivity contribution >= 4 is 17.3 Å². The normalized spacial score (nSPS) is 10.9. The van der Waals surface area contributed by atoms with Crippen molar-refractivity contribution in [2.75, 3.05) is 19.3 Å². The van der Waals surface area contributed by atoms with Gasteiger partial charge in [-0.2, -0.15) is 0 Å². The molecule has 0 aliphatic heterocycles. The Bertz CT molecular complexity index is 540. The van der Waals surface area contributed by atoms with Crippen molar-refractivity contribution in [3.05, 3.63) is 64.7 Å². The summed E-state index contributed by atoms with van der Waals surface area (Å²) in [6, 6.07) is 16.1. The van der Waals surface area contributed by atoms with Crippen LogP contribution < -0.4 is 5.73 Å². The molecule has 2 aromatic carbocycles. The van der Waals surface area contributed by atoms with Crippen LogP contribution in [0.25, 0.3) is 0 Å². The van der Waals surface area contributed by atoms with Gasteiger partial charge in [-0.1, -0.05) is 35.9 Å². The SMILES string of the molecule is CN(CCc1cccc(N)c1)Cc1cccc(Cl)c1. The minimum absolute atomic E-state index is 0.793. The number of nitrogens with zero attached hydrogens (tertiary/aromatic N) is 1. The summed E-state index contributed by atoms with van der Waals surface area (Å²) in [5, 5.41) is 0.793. The Hall–Kier alpha value is -1.51. The molecule has 0 amide bonds. The average molecular weight is 275 g/mol. The first-order chi connectivity index (χ1) is 9.13. The number of likely N-dealkylation sites (N-methyl/N-ethyl adjacent to an activating group) is 1. The fraction of sp³-hybridized carbons (Fsp3) is 0.250. The fourth-order valence-electron chi connectivity index (χ4n) is 2.09. The number of nitrogens with two attached hydrogens (primary N) is 1. The lowest BCUT2D eigenvalue weighted by molar-refractivity contribution is 0.331. The van der Waals surface area contributed by atoms with E-state index in [1.165, 1.54) is 11.1 Å². The van der Waals surface area contributed by atoms with Gasteiger partial charge in [-0.05, 0) is 48.9 Å². The summed E-state index contributed by atoms with van der Waals surface area (Å²) < 4.78 is 0. The molecule has 0 bridgehead atoms. The summed E-state index contributed by atoms with van der Waals surface area (Å²) in [6.07, 6.45) is 1.00. The van der Waals surface area contributed by atoms with Crippen molar-refractivity contribution in [3.63, 3.8) is 0 Å². The summed E-state index contributed by atoms with van der Waals surface area (Å²) in [5.74, 6) is 0. The zero-order valence-electron chi connectivity index (χ0n) is 11.1. The van der Waals surface area contributed by atoms with E-state index < -0.39 is 0 Å². The Kier molecular flexibility index (Phi) is 4.83. The summed E-state index contributed by atoms with van der Waals surface area (Å²) in [5.41, 5.74) is 9.12. The molecule has 2 N–H and O–H groups in total. The van der Waals surface area contributed by atoms with Crippen LogP contribution in [-0.2, 0) is 13.0 Å². The van der Waals surface area contributed by atoms with Crippen LogP contribution in [0.2, 0.25) is 5.02 Å². The molecule has 2 rings (SSSR count). The third-order valence-electron chi connectivity index (χ3n) is 3.07. The average Bonchev–Trinajstić information content (AvgIpc) is 2.36. The molecular weight excluding hydrogens is 256 g/mol. The summed E-state index contributed by atoms with van der Waals surface area (Å²) >= 11 is 5.99. The Labute approximate surface area is 119 Å². The zero-order chi connectivity index (χ0) is 13.7. The van der Waals surface area contributed by atoms with Gasteiger partial charge in [0.25, 0.3) is 0 Å². The number of benzene rings is 2. The molecule has 0 saturated heterocycles. The predicted molar refractivity (Wildman–Crippen MR) is 82.3 cm³/mol. The van der Waals surface area contributed by atoms with Gasteiger partial charge < -0.3 is 10.6 Å². The molecule has 0 aliphatic rings. The first-order valence-electron chi connectivity index (χ1n) is 6.41. The van der Waals surface area contributed by atoms with Crippen molar-refractivity contribution in [2.24, 2.45) is 0 Å². The molecule has 0 aliphatic carbocycles. The van der Waals surface area contributed by atoms with E-state index in [2.05, 4.69) is 24.1 Å². The molecule has 0 radical (unpaired) electrons. The van der Waals surface area contributed by atoms with Gasteiger partial charge in [0.05, 0.1) is 0 Å². The summed E-state index contributed by atoms with van der Waals surface area (Å²) in [6.45, 7) is 1.90. The topological polar surface area (TPSA) is 29.3 Å². The number of rotatable bonds is 5. The summed E-state index contributed by atoms with van der Waals surface area (Å²) in [4.78, 5) is 2.29. The first-order valence-corrected chi connectivity index (χ1v) is 6.79. The van der Waals surface area contributed by atoms with Crippen molar-refractivity contribution < 1.29 is 0 Å². The van der Waals surface area contributed by atoms with Crippen molar-refractivity contribution in [1.29, 1.82) is 0 Å². The van der Waals surface area contributed by atoms with E-state index in [9.17, 15) is 0 Å². The minimum atomic E-state index is 0.793. The minimum Gasteiger partial charge on any atom is -0.399 e. The van der Waals surface area contributed by atoms with Crippen LogP contribution in [0.15, 0.2) is 48.5 Å². The van der Waals surface area contributed by atoms with E-state index in [4.69, 9.17) is 17.3 Å². The third-order valence-corrected chi connectivity index (χ3v) is 3.31. The van der Waals surface area contributed by atoms with Gasteiger partial charge in [-0.25, -0.2) is 0 Å². The molecule has 0 fully saturated rings. The van der Waals surface area contributed by atoms with Crippen LogP contribution in [0.4, 0.5) is 5.69 Å². The Morgan fingerprint density at radius 2 is 1.79 bits per heavy atom. The van der Waals surface area contributed by atoms with E-state index in [0.29, 0.717) is 0 Å². The van der Waals surface area contributed by atoms with Crippen LogP contribution in [0.3, 0.4) is 0 Å². The van der Waals surface area contributed by atoms with E-state index in [1.807, 2.05) is 36.4 Å². The lowest BCUT2D eigenvalue weighted by Crippen LogP contribution is -2.20. The van der Waals surface area contributed by atoms with Gasteiger partial charge in [-0.3, -0.25) is 0 Å². The highest BCUT2D eigenvalue weighted by molar-refractivity contribution is 6.30. The molecule has 0 aromatic heterocycles. The van der Waals surface area contributed by atoms with E-state index in [1.54, 1.807) is 0 Å². The molecular formula is C16H19ClN2. The Balaban J connectivity index is 1.86. The van der Waals surface area contributed by atoms with Crippen LogP contribution in [0.1, 0.15) is 11.1 Å². The second kappa shape index (κ2) is 6.60. The van der Waals surface area contributed by atoms with E-state index in [0.717, 1.165) is 30.2 Å². The van der Waals surface area contributed by atoms with Gasteiger partial charge >= 0.3 is 0 Å². The third kappa shape index (κ3) is 4.58. The van der Waals surface area contributed by atoms with Crippen LogP contribution >= 0.6 is 11.6 Å². The molecule has 2 nitrogen and oxygen atoms in total. The smallest absolute Gasteiger partial charge is 0.0409 e. The number of halogens is 1. The van der Waals surface area contributed by atoms with Crippen LogP contribution in [0.5, 0.6) is 0 Å². The molecule has 0 spiro atoms. The van der Waals surface area contributed by atoms with Gasteiger partial charge in [-0.15, -0.1) is 0 Å². The zero-order valence-corrected chi connectivity index (χ0v) is 11.9. The van der Waals surface area contributed by atoms with E-state index >= 15 is 0 Å². The van der Waals surface area contributed by atoms with Crippen LogP contribution in [0, 0.1) is 0 Å². The molecule has 0 unspecified atom stereocenters. The second-order valence-electron chi connectivity index (χ2n) is 4.86. The Morgan fingerprint density at radius 3 is 2.53 bits per heavy atom.